The molecule has 1 aliphatic carbocycles. The van der Waals surface area contributed by atoms with Gasteiger partial charge in [0.05, 0.1) is 24.3 Å². The Hall–Kier alpha value is -2.88. The second kappa shape index (κ2) is 10.8. The van der Waals surface area contributed by atoms with Crippen LogP contribution in [0, 0.1) is 11.6 Å². The van der Waals surface area contributed by atoms with Gasteiger partial charge in [-0.05, 0) is 84.7 Å². The molecule has 0 radical (unpaired) electrons. The van der Waals surface area contributed by atoms with Crippen LogP contribution in [0.1, 0.15) is 59.1 Å². The first kappa shape index (κ1) is 25.2. The van der Waals surface area contributed by atoms with Gasteiger partial charge in [-0.25, -0.2) is 13.8 Å². The van der Waals surface area contributed by atoms with Crippen LogP contribution in [-0.2, 0) is 0 Å². The van der Waals surface area contributed by atoms with Crippen molar-refractivity contribution in [1.29, 1.82) is 0 Å². The summed E-state index contributed by atoms with van der Waals surface area (Å²) in [5.41, 5.74) is 8.24. The Morgan fingerprint density at radius 2 is 1.89 bits per heavy atom. The van der Waals surface area contributed by atoms with Crippen molar-refractivity contribution < 1.29 is 23.8 Å². The number of carbonyl (C=O) groups excluding carboxylic acids is 1. The monoisotopic (exact) mass is 545 g/mol. The Bertz CT molecular complexity index is 1210. The normalized spacial score (nSPS) is 18.8. The molecule has 9 heteroatoms. The van der Waals surface area contributed by atoms with Gasteiger partial charge in [-0.2, -0.15) is 0 Å². The number of nitrogens with zero attached hydrogens (tertiary/aromatic N) is 1. The highest BCUT2D eigenvalue weighted by Gasteiger charge is 2.23. The van der Waals surface area contributed by atoms with Crippen LogP contribution in [0.4, 0.5) is 14.6 Å². The molecule has 6 nitrogen and oxygen atoms in total. The Balaban J connectivity index is 1.55. The van der Waals surface area contributed by atoms with E-state index in [1.165, 1.54) is 24.3 Å². The number of rotatable bonds is 6. The van der Waals surface area contributed by atoms with Gasteiger partial charge in [0.25, 0.3) is 5.91 Å². The average Bonchev–Trinajstić information content (AvgIpc) is 2.82. The highest BCUT2D eigenvalue weighted by atomic mass is 79.9. The number of hydrogen-bond donors (Lipinski definition) is 4. The van der Waals surface area contributed by atoms with Gasteiger partial charge in [0.15, 0.2) is 0 Å². The van der Waals surface area contributed by atoms with Crippen molar-refractivity contribution in [3.8, 4) is 11.1 Å². The Morgan fingerprint density at radius 1 is 1.14 bits per heavy atom. The van der Waals surface area contributed by atoms with Gasteiger partial charge in [-0.3, -0.25) is 4.79 Å². The topological polar surface area (TPSA) is 108 Å². The third-order valence-electron chi connectivity index (χ3n) is 6.41. The van der Waals surface area contributed by atoms with Gasteiger partial charge in [-0.1, -0.05) is 22.0 Å². The largest absolute Gasteiger partial charge is 0.394 e. The van der Waals surface area contributed by atoms with E-state index in [1.807, 2.05) is 6.07 Å². The van der Waals surface area contributed by atoms with Gasteiger partial charge < -0.3 is 21.3 Å². The number of nitrogens with one attached hydrogen (secondary N) is 1. The first-order valence-corrected chi connectivity index (χ1v) is 12.2. The fourth-order valence-electron chi connectivity index (χ4n) is 4.47. The molecule has 184 valence electrons. The molecule has 4 rings (SSSR count). The summed E-state index contributed by atoms with van der Waals surface area (Å²) in [4.78, 5) is 17.0. The second-order valence-corrected chi connectivity index (χ2v) is 9.73. The van der Waals surface area contributed by atoms with Crippen molar-refractivity contribution in [2.75, 3.05) is 12.3 Å². The third kappa shape index (κ3) is 5.86. The number of benzene rings is 2. The van der Waals surface area contributed by atoms with Crippen LogP contribution in [0.25, 0.3) is 11.1 Å². The van der Waals surface area contributed by atoms with E-state index in [4.69, 9.17) is 5.73 Å². The molecule has 1 heterocycles. The first-order valence-electron chi connectivity index (χ1n) is 11.4. The van der Waals surface area contributed by atoms with Gasteiger partial charge in [0, 0.05) is 16.2 Å². The SMILES string of the molecule is Nc1ncc(C2CCC(O)CC2)cc1-c1ccc(C(=O)N[C@H](CO)c2cc(F)cc(Br)c2)c(F)c1. The number of pyridine rings is 1. The van der Waals surface area contributed by atoms with Crippen molar-refractivity contribution >= 4 is 27.7 Å². The van der Waals surface area contributed by atoms with Gasteiger partial charge in [0.2, 0.25) is 0 Å². The lowest BCUT2D eigenvalue weighted by Crippen LogP contribution is -2.31. The summed E-state index contributed by atoms with van der Waals surface area (Å²) in [6.45, 7) is -0.492. The second-order valence-electron chi connectivity index (χ2n) is 8.81. The van der Waals surface area contributed by atoms with Gasteiger partial charge in [-0.15, -0.1) is 0 Å². The quantitative estimate of drug-likeness (QED) is 0.354. The van der Waals surface area contributed by atoms with E-state index in [2.05, 4.69) is 26.2 Å². The van der Waals surface area contributed by atoms with Crippen LogP contribution in [0.3, 0.4) is 0 Å². The molecule has 1 aliphatic rings. The van der Waals surface area contributed by atoms with E-state index in [0.29, 0.717) is 21.2 Å². The molecule has 1 amide bonds. The zero-order valence-corrected chi connectivity index (χ0v) is 20.4. The highest BCUT2D eigenvalue weighted by molar-refractivity contribution is 9.10. The predicted molar refractivity (Wildman–Crippen MR) is 133 cm³/mol. The number of nitrogen functional groups attached to an aromatic ring is 1. The lowest BCUT2D eigenvalue weighted by atomic mass is 9.83. The maximum absolute atomic E-state index is 15.0. The number of anilines is 1. The molecule has 0 aliphatic heterocycles. The molecule has 2 aromatic carbocycles. The summed E-state index contributed by atoms with van der Waals surface area (Å²) < 4.78 is 29.2. The van der Waals surface area contributed by atoms with Crippen molar-refractivity contribution in [1.82, 2.24) is 10.3 Å². The number of carbonyl (C=O) groups is 1. The Kier molecular flexibility index (Phi) is 7.78. The minimum atomic E-state index is -0.917. The fourth-order valence-corrected chi connectivity index (χ4v) is 4.95. The molecule has 0 bridgehead atoms. The summed E-state index contributed by atoms with van der Waals surface area (Å²) in [6.07, 6.45) is 4.59. The first-order chi connectivity index (χ1) is 16.7. The number of aromatic nitrogens is 1. The molecule has 0 unspecified atom stereocenters. The molecule has 0 saturated heterocycles. The van der Waals surface area contributed by atoms with Crippen molar-refractivity contribution in [3.63, 3.8) is 0 Å². The molecular weight excluding hydrogens is 520 g/mol. The number of aliphatic hydroxyl groups is 2. The highest BCUT2D eigenvalue weighted by Crippen LogP contribution is 2.36. The number of nitrogens with two attached hydrogens (primary N) is 1. The maximum Gasteiger partial charge on any atom is 0.254 e. The van der Waals surface area contributed by atoms with Crippen LogP contribution >= 0.6 is 15.9 Å². The Morgan fingerprint density at radius 3 is 2.54 bits per heavy atom. The number of hydrogen-bond acceptors (Lipinski definition) is 5. The molecular formula is C26H26BrF2N3O3. The molecule has 0 spiro atoms. The van der Waals surface area contributed by atoms with E-state index in [0.717, 1.165) is 31.2 Å². The summed E-state index contributed by atoms with van der Waals surface area (Å²) in [5, 5.41) is 22.0. The zero-order chi connectivity index (χ0) is 25.1. The fraction of sp³-hybridized carbons (Fsp3) is 0.308. The van der Waals surface area contributed by atoms with Crippen molar-refractivity contribution in [2.24, 2.45) is 0 Å². The van der Waals surface area contributed by atoms with Crippen molar-refractivity contribution in [3.05, 3.63) is 81.5 Å². The smallest absolute Gasteiger partial charge is 0.254 e. The van der Waals surface area contributed by atoms with Crippen LogP contribution in [-0.4, -0.2) is 33.8 Å². The maximum atomic E-state index is 15.0. The molecule has 1 aromatic heterocycles. The van der Waals surface area contributed by atoms with E-state index >= 15 is 4.39 Å². The summed E-state index contributed by atoms with van der Waals surface area (Å²) in [5.74, 6) is -1.54. The summed E-state index contributed by atoms with van der Waals surface area (Å²) in [6, 6.07) is 9.16. The van der Waals surface area contributed by atoms with E-state index in [9.17, 15) is 19.4 Å². The number of aliphatic hydroxyl groups excluding tert-OH is 2. The minimum absolute atomic E-state index is 0.216. The predicted octanol–water partition coefficient (Wildman–Crippen LogP) is 4.85. The third-order valence-corrected chi connectivity index (χ3v) is 6.87. The lowest BCUT2D eigenvalue weighted by molar-refractivity contribution is 0.0912. The standard InChI is InChI=1S/C26H26BrF2N3O3/c27-18-7-16(8-19(28)11-18)24(13-33)32-26(35)21-6-3-15(10-23(21)29)22-9-17(12-31-25(22)30)14-1-4-20(34)5-2-14/h3,6-12,14,20,24,33-34H,1-2,4-5,13H2,(H2,30,31)(H,32,35)/t14?,20?,24-/m1/s1. The molecule has 1 fully saturated rings. The van der Waals surface area contributed by atoms with E-state index < -0.39 is 30.2 Å². The lowest BCUT2D eigenvalue weighted by Gasteiger charge is -2.26. The summed E-state index contributed by atoms with van der Waals surface area (Å²) in [7, 11) is 0. The molecule has 5 N–H and O–H groups in total. The summed E-state index contributed by atoms with van der Waals surface area (Å²) >= 11 is 3.18. The van der Waals surface area contributed by atoms with Crippen LogP contribution in [0.5, 0.6) is 0 Å². The van der Waals surface area contributed by atoms with Crippen LogP contribution in [0.15, 0.2) is 53.1 Å². The average molecular weight is 546 g/mol. The van der Waals surface area contributed by atoms with Crippen molar-refractivity contribution in [2.45, 2.75) is 43.7 Å². The van der Waals surface area contributed by atoms with Crippen LogP contribution in [0.2, 0.25) is 0 Å². The minimum Gasteiger partial charge on any atom is -0.394 e. The number of halogens is 3. The van der Waals surface area contributed by atoms with E-state index in [1.54, 1.807) is 18.3 Å². The molecule has 35 heavy (non-hydrogen) atoms. The van der Waals surface area contributed by atoms with Gasteiger partial charge in [0.1, 0.15) is 17.5 Å². The molecule has 1 saturated carbocycles. The van der Waals surface area contributed by atoms with E-state index in [-0.39, 0.29) is 23.4 Å². The number of amides is 1. The zero-order valence-electron chi connectivity index (χ0n) is 18.8. The molecule has 1 atom stereocenters. The molecule has 3 aromatic rings. The van der Waals surface area contributed by atoms with Crippen LogP contribution < -0.4 is 11.1 Å². The Labute approximate surface area is 210 Å². The van der Waals surface area contributed by atoms with Gasteiger partial charge >= 0.3 is 0 Å².